The number of amides is 2. The first-order chi connectivity index (χ1) is 16.9. The fourth-order valence-electron chi connectivity index (χ4n) is 5.49. The van der Waals surface area contributed by atoms with Crippen LogP contribution in [0.3, 0.4) is 0 Å². The van der Waals surface area contributed by atoms with Gasteiger partial charge in [0.25, 0.3) is 5.91 Å². The van der Waals surface area contributed by atoms with Gasteiger partial charge in [-0.15, -0.1) is 11.3 Å². The standard InChI is InChI=1S/C27H33N3O4S/c1-27(26(32)28-19-7-5-4-6-8-19)17-29-20-12-14-35-24(20)16-21(29)25(31)30(27)13-11-18-9-10-22(33-2)23(15-18)34-3/h9-10,12,14-16,19H,4-8,11,13,17H2,1-3H3,(H,28,32)/t27-/m1/s1. The Balaban J connectivity index is 1.45. The molecule has 1 N–H and O–H groups in total. The molecule has 2 amide bonds. The van der Waals surface area contributed by atoms with Gasteiger partial charge in [0.15, 0.2) is 11.5 Å². The molecular weight excluding hydrogens is 462 g/mol. The number of thiophene rings is 1. The molecule has 5 rings (SSSR count). The molecule has 0 radical (unpaired) electrons. The van der Waals surface area contributed by atoms with Crippen LogP contribution in [0.15, 0.2) is 35.7 Å². The maximum atomic E-state index is 13.8. The number of rotatable bonds is 7. The molecule has 186 valence electrons. The second kappa shape index (κ2) is 9.57. The predicted octanol–water partition coefficient (Wildman–Crippen LogP) is 4.63. The van der Waals surface area contributed by atoms with E-state index in [1.807, 2.05) is 47.2 Å². The second-order valence-electron chi connectivity index (χ2n) is 9.76. The molecular formula is C27H33N3O4S. The maximum absolute atomic E-state index is 13.8. The highest BCUT2D eigenvalue weighted by Crippen LogP contribution is 2.35. The summed E-state index contributed by atoms with van der Waals surface area (Å²) in [5.74, 6) is 1.16. The van der Waals surface area contributed by atoms with E-state index in [-0.39, 0.29) is 17.9 Å². The Bertz CT molecular complexity index is 1240. The van der Waals surface area contributed by atoms with Crippen LogP contribution in [0.4, 0.5) is 0 Å². The first kappa shape index (κ1) is 23.7. The number of carbonyl (C=O) groups excluding carboxylic acids is 2. The zero-order valence-corrected chi connectivity index (χ0v) is 21.5. The predicted molar refractivity (Wildman–Crippen MR) is 138 cm³/mol. The highest BCUT2D eigenvalue weighted by atomic mass is 32.1. The molecule has 1 aliphatic heterocycles. The van der Waals surface area contributed by atoms with E-state index in [4.69, 9.17) is 9.47 Å². The van der Waals surface area contributed by atoms with E-state index in [2.05, 4.69) is 5.32 Å². The highest BCUT2D eigenvalue weighted by Gasteiger charge is 2.48. The minimum absolute atomic E-state index is 0.0622. The Morgan fingerprint density at radius 1 is 1.11 bits per heavy atom. The Morgan fingerprint density at radius 3 is 2.63 bits per heavy atom. The van der Waals surface area contributed by atoms with Crippen molar-refractivity contribution in [1.82, 2.24) is 14.8 Å². The van der Waals surface area contributed by atoms with Crippen LogP contribution in [0.2, 0.25) is 0 Å². The topological polar surface area (TPSA) is 72.8 Å². The van der Waals surface area contributed by atoms with Crippen molar-refractivity contribution >= 4 is 33.4 Å². The summed E-state index contributed by atoms with van der Waals surface area (Å²) in [4.78, 5) is 29.4. The van der Waals surface area contributed by atoms with Crippen LogP contribution in [0.5, 0.6) is 11.5 Å². The van der Waals surface area contributed by atoms with Crippen molar-refractivity contribution in [2.45, 2.75) is 63.6 Å². The fraction of sp³-hybridized carbons (Fsp3) is 0.481. The molecule has 35 heavy (non-hydrogen) atoms. The van der Waals surface area contributed by atoms with Crippen LogP contribution in [-0.2, 0) is 17.8 Å². The highest BCUT2D eigenvalue weighted by molar-refractivity contribution is 7.17. The maximum Gasteiger partial charge on any atom is 0.271 e. The van der Waals surface area contributed by atoms with Gasteiger partial charge in [0, 0.05) is 12.6 Å². The number of nitrogens with one attached hydrogen (secondary N) is 1. The van der Waals surface area contributed by atoms with Gasteiger partial charge < -0.3 is 24.3 Å². The summed E-state index contributed by atoms with van der Waals surface area (Å²) in [5, 5.41) is 5.33. The molecule has 1 saturated carbocycles. The number of methoxy groups -OCH3 is 2. The SMILES string of the molecule is COc1ccc(CCN2C(=O)c3cc4sccc4n3C[C@]2(C)C(=O)NC2CCCCC2)cc1OC. The molecule has 0 bridgehead atoms. The quantitative estimate of drug-likeness (QED) is 0.519. The Hall–Kier alpha value is -3.00. The van der Waals surface area contributed by atoms with Crippen molar-refractivity contribution in [1.29, 1.82) is 0 Å². The van der Waals surface area contributed by atoms with Gasteiger partial charge in [0.05, 0.1) is 31.0 Å². The molecule has 1 fully saturated rings. The molecule has 0 unspecified atom stereocenters. The monoisotopic (exact) mass is 495 g/mol. The zero-order chi connectivity index (χ0) is 24.6. The van der Waals surface area contributed by atoms with Crippen LogP contribution < -0.4 is 14.8 Å². The summed E-state index contributed by atoms with van der Waals surface area (Å²) in [6.45, 7) is 2.79. The third-order valence-electron chi connectivity index (χ3n) is 7.55. The number of benzene rings is 1. The van der Waals surface area contributed by atoms with Gasteiger partial charge in [0.1, 0.15) is 11.2 Å². The number of nitrogens with zero attached hydrogens (tertiary/aromatic N) is 2. The number of hydrogen-bond donors (Lipinski definition) is 1. The van der Waals surface area contributed by atoms with Gasteiger partial charge in [-0.1, -0.05) is 25.3 Å². The fourth-order valence-corrected chi connectivity index (χ4v) is 6.31. The van der Waals surface area contributed by atoms with E-state index in [1.165, 1.54) is 6.42 Å². The molecule has 3 aromatic rings. The largest absolute Gasteiger partial charge is 0.493 e. The third kappa shape index (κ3) is 4.29. The van der Waals surface area contributed by atoms with Crippen LogP contribution in [0.25, 0.3) is 10.2 Å². The molecule has 3 heterocycles. The van der Waals surface area contributed by atoms with E-state index in [1.54, 1.807) is 30.5 Å². The van der Waals surface area contributed by atoms with Gasteiger partial charge in [0.2, 0.25) is 5.91 Å². The van der Waals surface area contributed by atoms with Gasteiger partial charge in [-0.25, -0.2) is 0 Å². The molecule has 1 aliphatic carbocycles. The third-order valence-corrected chi connectivity index (χ3v) is 8.40. The lowest BCUT2D eigenvalue weighted by molar-refractivity contribution is -0.133. The van der Waals surface area contributed by atoms with E-state index in [0.717, 1.165) is 41.5 Å². The summed E-state index contributed by atoms with van der Waals surface area (Å²) in [6, 6.07) is 9.97. The van der Waals surface area contributed by atoms with Crippen molar-refractivity contribution in [3.63, 3.8) is 0 Å². The Labute approximate surface area is 210 Å². The molecule has 2 aromatic heterocycles. The van der Waals surface area contributed by atoms with Gasteiger partial charge in [-0.2, -0.15) is 0 Å². The summed E-state index contributed by atoms with van der Waals surface area (Å²) >= 11 is 1.62. The van der Waals surface area contributed by atoms with Crippen molar-refractivity contribution in [2.75, 3.05) is 20.8 Å². The lowest BCUT2D eigenvalue weighted by Gasteiger charge is -2.45. The molecule has 1 atom stereocenters. The van der Waals surface area contributed by atoms with Gasteiger partial charge in [-0.3, -0.25) is 9.59 Å². The lowest BCUT2D eigenvalue weighted by atomic mass is 9.91. The van der Waals surface area contributed by atoms with Crippen molar-refractivity contribution < 1.29 is 19.1 Å². The second-order valence-corrected chi connectivity index (χ2v) is 10.7. The lowest BCUT2D eigenvalue weighted by Crippen LogP contribution is -2.65. The van der Waals surface area contributed by atoms with E-state index in [9.17, 15) is 9.59 Å². The van der Waals surface area contributed by atoms with E-state index >= 15 is 0 Å². The minimum atomic E-state index is -0.980. The van der Waals surface area contributed by atoms with Crippen LogP contribution in [-0.4, -0.2) is 53.6 Å². The van der Waals surface area contributed by atoms with Gasteiger partial charge >= 0.3 is 0 Å². The smallest absolute Gasteiger partial charge is 0.271 e. The van der Waals surface area contributed by atoms with Crippen LogP contribution >= 0.6 is 11.3 Å². The van der Waals surface area contributed by atoms with Crippen molar-refractivity contribution in [2.24, 2.45) is 0 Å². The first-order valence-corrected chi connectivity index (χ1v) is 13.2. The number of fused-ring (bicyclic) bond motifs is 3. The summed E-state index contributed by atoms with van der Waals surface area (Å²) in [7, 11) is 3.22. The number of ether oxygens (including phenoxy) is 2. The van der Waals surface area contributed by atoms with Crippen LogP contribution in [0, 0.1) is 0 Å². The molecule has 0 saturated heterocycles. The molecule has 0 spiro atoms. The van der Waals surface area contributed by atoms with Crippen molar-refractivity contribution in [3.05, 3.63) is 47.0 Å². The minimum Gasteiger partial charge on any atom is -0.493 e. The average Bonchev–Trinajstić information content (AvgIpc) is 3.47. The molecule has 7 nitrogen and oxygen atoms in total. The molecule has 2 aliphatic rings. The summed E-state index contributed by atoms with van der Waals surface area (Å²) in [5.41, 5.74) is 1.72. The average molecular weight is 496 g/mol. The summed E-state index contributed by atoms with van der Waals surface area (Å²) in [6.07, 6.45) is 6.12. The zero-order valence-electron chi connectivity index (χ0n) is 20.6. The van der Waals surface area contributed by atoms with E-state index in [0.29, 0.717) is 36.7 Å². The number of carbonyl (C=O) groups is 2. The Kier molecular flexibility index (Phi) is 6.49. The van der Waals surface area contributed by atoms with Crippen molar-refractivity contribution in [3.8, 4) is 11.5 Å². The molecule has 8 heteroatoms. The molecule has 1 aromatic carbocycles. The van der Waals surface area contributed by atoms with Crippen LogP contribution in [0.1, 0.15) is 55.1 Å². The number of aromatic nitrogens is 1. The Morgan fingerprint density at radius 2 is 1.89 bits per heavy atom. The van der Waals surface area contributed by atoms with Gasteiger partial charge in [-0.05, 0) is 61.4 Å². The normalized spacial score (nSPS) is 20.7. The summed E-state index contributed by atoms with van der Waals surface area (Å²) < 4.78 is 13.9. The number of hydrogen-bond acceptors (Lipinski definition) is 5. The van der Waals surface area contributed by atoms with E-state index < -0.39 is 5.54 Å². The first-order valence-electron chi connectivity index (χ1n) is 12.3.